The number of rotatable bonds is 2. The van der Waals surface area contributed by atoms with Crippen LogP contribution in [-0.4, -0.2) is 12.1 Å². The van der Waals surface area contributed by atoms with Gasteiger partial charge in [0, 0.05) is 29.5 Å². The fraction of sp³-hybridized carbons (Fsp3) is 0.500. The molecule has 1 aromatic heterocycles. The number of methoxy groups -OCH3 is 1. The molecule has 2 atom stereocenters. The molecule has 2 heteroatoms. The van der Waals surface area contributed by atoms with Crippen LogP contribution in [0.4, 0.5) is 0 Å². The van der Waals surface area contributed by atoms with E-state index in [0.29, 0.717) is 5.92 Å². The molecule has 2 aliphatic carbocycles. The number of pyridine rings is 1. The van der Waals surface area contributed by atoms with Crippen molar-refractivity contribution in [2.24, 2.45) is 5.92 Å². The van der Waals surface area contributed by atoms with Crippen LogP contribution in [0.5, 0.6) is 5.88 Å². The average Bonchev–Trinajstić information content (AvgIpc) is 2.45. The van der Waals surface area contributed by atoms with E-state index in [1.807, 2.05) is 6.07 Å². The Bertz CT molecular complexity index is 599. The van der Waals surface area contributed by atoms with Crippen LogP contribution in [0.25, 0.3) is 0 Å². The van der Waals surface area contributed by atoms with Gasteiger partial charge in [0.15, 0.2) is 0 Å². The standard InChI is InChI=1S/C18H23NO/c1-5-14-13-9-12(3)11-18(14,6-2)15-7-8-17(20-4)19-16(15)10-13/h5,7-9,13H,6,10-11H2,1-4H3/b14-5+/t13?,18-/m1/s1. The number of aromatic nitrogens is 1. The van der Waals surface area contributed by atoms with E-state index >= 15 is 0 Å². The summed E-state index contributed by atoms with van der Waals surface area (Å²) >= 11 is 0. The van der Waals surface area contributed by atoms with Crippen LogP contribution < -0.4 is 4.74 Å². The Hall–Kier alpha value is -1.57. The maximum absolute atomic E-state index is 5.30. The lowest BCUT2D eigenvalue weighted by molar-refractivity contribution is 0.369. The SMILES string of the molecule is C/C=C1\C2C=C(C)C[C@@]1(CC)c1ccc(OC)nc1C2. The third-order valence-electron chi connectivity index (χ3n) is 5.02. The second-order valence-electron chi connectivity index (χ2n) is 6.03. The maximum atomic E-state index is 5.30. The van der Waals surface area contributed by atoms with Crippen molar-refractivity contribution in [3.8, 4) is 5.88 Å². The van der Waals surface area contributed by atoms with Crippen LogP contribution >= 0.6 is 0 Å². The van der Waals surface area contributed by atoms with Gasteiger partial charge in [-0.1, -0.05) is 36.3 Å². The van der Waals surface area contributed by atoms with Gasteiger partial charge in [0.1, 0.15) is 0 Å². The predicted molar refractivity (Wildman–Crippen MR) is 82.1 cm³/mol. The van der Waals surface area contributed by atoms with Crippen molar-refractivity contribution in [1.29, 1.82) is 0 Å². The first kappa shape index (κ1) is 13.4. The van der Waals surface area contributed by atoms with Crippen LogP contribution in [0.15, 0.2) is 35.4 Å². The zero-order valence-corrected chi connectivity index (χ0v) is 12.9. The van der Waals surface area contributed by atoms with E-state index in [-0.39, 0.29) is 5.41 Å². The lowest BCUT2D eigenvalue weighted by Gasteiger charge is -2.47. The Morgan fingerprint density at radius 3 is 2.90 bits per heavy atom. The molecule has 0 N–H and O–H groups in total. The summed E-state index contributed by atoms with van der Waals surface area (Å²) in [5.41, 5.74) is 5.91. The van der Waals surface area contributed by atoms with Gasteiger partial charge in [-0.15, -0.1) is 0 Å². The molecule has 0 radical (unpaired) electrons. The largest absolute Gasteiger partial charge is 0.481 e. The fourth-order valence-electron chi connectivity index (χ4n) is 4.25. The van der Waals surface area contributed by atoms with Crippen molar-refractivity contribution in [1.82, 2.24) is 4.98 Å². The molecule has 1 unspecified atom stereocenters. The van der Waals surface area contributed by atoms with Gasteiger partial charge >= 0.3 is 0 Å². The van der Waals surface area contributed by atoms with Crippen molar-refractivity contribution in [3.63, 3.8) is 0 Å². The molecule has 106 valence electrons. The molecular formula is C18H23NO. The van der Waals surface area contributed by atoms with Gasteiger partial charge in [-0.05, 0) is 32.3 Å². The minimum Gasteiger partial charge on any atom is -0.481 e. The normalized spacial score (nSPS) is 29.9. The van der Waals surface area contributed by atoms with Crippen LogP contribution in [0.3, 0.4) is 0 Å². The lowest BCUT2D eigenvalue weighted by atomic mass is 9.57. The van der Waals surface area contributed by atoms with Crippen LogP contribution in [0.2, 0.25) is 0 Å². The molecule has 1 aromatic rings. The first-order chi connectivity index (χ1) is 9.64. The zero-order chi connectivity index (χ0) is 14.3. The Morgan fingerprint density at radius 1 is 1.45 bits per heavy atom. The Balaban J connectivity index is 2.23. The monoisotopic (exact) mass is 269 g/mol. The maximum Gasteiger partial charge on any atom is 0.213 e. The summed E-state index contributed by atoms with van der Waals surface area (Å²) < 4.78 is 5.30. The van der Waals surface area contributed by atoms with Gasteiger partial charge in [-0.2, -0.15) is 0 Å². The van der Waals surface area contributed by atoms with Crippen molar-refractivity contribution >= 4 is 0 Å². The fourth-order valence-corrected chi connectivity index (χ4v) is 4.25. The molecule has 0 amide bonds. The summed E-state index contributed by atoms with van der Waals surface area (Å²) in [6.45, 7) is 6.76. The van der Waals surface area contributed by atoms with E-state index in [9.17, 15) is 0 Å². The van der Waals surface area contributed by atoms with Gasteiger partial charge < -0.3 is 4.74 Å². The highest BCUT2D eigenvalue weighted by Gasteiger charge is 2.45. The highest BCUT2D eigenvalue weighted by Crippen LogP contribution is 2.53. The van der Waals surface area contributed by atoms with Crippen molar-refractivity contribution in [2.75, 3.05) is 7.11 Å². The van der Waals surface area contributed by atoms with E-state index in [2.05, 4.69) is 39.0 Å². The lowest BCUT2D eigenvalue weighted by Crippen LogP contribution is -2.40. The molecule has 0 aromatic carbocycles. The van der Waals surface area contributed by atoms with Crippen LogP contribution in [0, 0.1) is 5.92 Å². The topological polar surface area (TPSA) is 22.1 Å². The van der Waals surface area contributed by atoms with Crippen molar-refractivity contribution in [2.45, 2.75) is 45.4 Å². The Labute approximate surface area is 121 Å². The predicted octanol–water partition coefficient (Wildman–Crippen LogP) is 4.21. The molecule has 3 rings (SSSR count). The quantitative estimate of drug-likeness (QED) is 0.750. The van der Waals surface area contributed by atoms with Gasteiger partial charge in [-0.25, -0.2) is 4.98 Å². The molecule has 0 spiro atoms. The van der Waals surface area contributed by atoms with Crippen LogP contribution in [0.1, 0.15) is 44.9 Å². The smallest absolute Gasteiger partial charge is 0.213 e. The second kappa shape index (κ2) is 4.76. The third kappa shape index (κ3) is 1.74. The third-order valence-corrected chi connectivity index (χ3v) is 5.02. The molecular weight excluding hydrogens is 246 g/mol. The van der Waals surface area contributed by atoms with E-state index in [0.717, 1.165) is 25.1 Å². The Kier molecular flexibility index (Phi) is 3.19. The zero-order valence-electron chi connectivity index (χ0n) is 12.9. The molecule has 0 saturated carbocycles. The molecule has 20 heavy (non-hydrogen) atoms. The van der Waals surface area contributed by atoms with Gasteiger partial charge in [0.25, 0.3) is 0 Å². The second-order valence-corrected chi connectivity index (χ2v) is 6.03. The van der Waals surface area contributed by atoms with Crippen molar-refractivity contribution in [3.05, 3.63) is 46.7 Å². The number of fused-ring (bicyclic) bond motifs is 4. The Morgan fingerprint density at radius 2 is 2.25 bits per heavy atom. The number of hydrogen-bond acceptors (Lipinski definition) is 2. The summed E-state index contributed by atoms with van der Waals surface area (Å²) in [6, 6.07) is 4.25. The highest BCUT2D eigenvalue weighted by molar-refractivity contribution is 5.50. The minimum absolute atomic E-state index is 0.158. The van der Waals surface area contributed by atoms with E-state index in [1.54, 1.807) is 12.7 Å². The first-order valence-corrected chi connectivity index (χ1v) is 7.53. The molecule has 0 saturated heterocycles. The summed E-state index contributed by atoms with van der Waals surface area (Å²) in [7, 11) is 1.69. The molecule has 0 fully saturated rings. The van der Waals surface area contributed by atoms with Gasteiger partial charge in [-0.3, -0.25) is 0 Å². The summed E-state index contributed by atoms with van der Waals surface area (Å²) in [4.78, 5) is 4.72. The first-order valence-electron chi connectivity index (χ1n) is 7.53. The van der Waals surface area contributed by atoms with Crippen molar-refractivity contribution < 1.29 is 4.74 Å². The molecule has 2 bridgehead atoms. The van der Waals surface area contributed by atoms with E-state index in [4.69, 9.17) is 9.72 Å². The minimum atomic E-state index is 0.158. The summed E-state index contributed by atoms with van der Waals surface area (Å²) in [5.74, 6) is 1.25. The number of allylic oxidation sites excluding steroid dienone is 4. The molecule has 2 aliphatic rings. The van der Waals surface area contributed by atoms with E-state index < -0.39 is 0 Å². The van der Waals surface area contributed by atoms with Crippen LogP contribution in [-0.2, 0) is 11.8 Å². The number of ether oxygens (including phenoxy) is 1. The molecule has 0 aliphatic heterocycles. The highest BCUT2D eigenvalue weighted by atomic mass is 16.5. The van der Waals surface area contributed by atoms with Gasteiger partial charge in [0.2, 0.25) is 5.88 Å². The summed E-state index contributed by atoms with van der Waals surface area (Å²) in [5, 5.41) is 0. The average molecular weight is 269 g/mol. The molecule has 1 heterocycles. The van der Waals surface area contributed by atoms with Gasteiger partial charge in [0.05, 0.1) is 7.11 Å². The van der Waals surface area contributed by atoms with E-state index in [1.165, 1.54) is 16.8 Å². The number of hydrogen-bond donors (Lipinski definition) is 0. The molecule has 2 nitrogen and oxygen atoms in total. The number of nitrogens with zero attached hydrogens (tertiary/aromatic N) is 1. The summed E-state index contributed by atoms with van der Waals surface area (Å²) in [6.07, 6.45) is 8.04.